The van der Waals surface area contributed by atoms with Crippen molar-refractivity contribution in [3.63, 3.8) is 0 Å². The molecule has 4 aliphatic rings. The molecule has 2 saturated carbocycles. The highest BCUT2D eigenvalue weighted by Crippen LogP contribution is 2.64. The van der Waals surface area contributed by atoms with Crippen molar-refractivity contribution >= 4 is 52.0 Å². The maximum atomic E-state index is 15.8. The molecule has 3 heterocycles. The molecule has 2 aliphatic heterocycles. The van der Waals surface area contributed by atoms with Crippen LogP contribution in [0.5, 0.6) is 0 Å². The Morgan fingerprint density at radius 1 is 1.14 bits per heavy atom. The summed E-state index contributed by atoms with van der Waals surface area (Å²) >= 11 is 14.0. The SMILES string of the molecule is O=C(NC1CCC(O)CC1)[C@@H]1NC2(CCCCC2)[C@@]2(C(=O)Nc3cc(Cl)sc32)[C@H]1c1cccc(Cl)c1F. The van der Waals surface area contributed by atoms with Crippen LogP contribution in [-0.4, -0.2) is 40.6 Å². The quantitative estimate of drug-likeness (QED) is 0.408. The van der Waals surface area contributed by atoms with Crippen molar-refractivity contribution in [2.24, 2.45) is 0 Å². The molecule has 10 heteroatoms. The fourth-order valence-corrected chi connectivity index (χ4v) is 9.12. The number of anilines is 1. The van der Waals surface area contributed by atoms with E-state index in [1.807, 2.05) is 0 Å². The van der Waals surface area contributed by atoms with Crippen LogP contribution in [0.4, 0.5) is 10.1 Å². The van der Waals surface area contributed by atoms with E-state index in [0.29, 0.717) is 48.5 Å². The zero-order chi connectivity index (χ0) is 25.9. The summed E-state index contributed by atoms with van der Waals surface area (Å²) in [5.41, 5.74) is -1.05. The van der Waals surface area contributed by atoms with Crippen LogP contribution in [0.15, 0.2) is 24.3 Å². The van der Waals surface area contributed by atoms with Crippen molar-refractivity contribution in [3.8, 4) is 0 Å². The summed E-state index contributed by atoms with van der Waals surface area (Å²) in [6.45, 7) is 0. The number of aliphatic hydroxyl groups is 1. The van der Waals surface area contributed by atoms with Gasteiger partial charge in [0, 0.05) is 22.4 Å². The zero-order valence-corrected chi connectivity index (χ0v) is 22.6. The molecule has 0 unspecified atom stereocenters. The Balaban J connectivity index is 1.52. The molecule has 3 fully saturated rings. The average molecular weight is 567 g/mol. The predicted molar refractivity (Wildman–Crippen MR) is 143 cm³/mol. The van der Waals surface area contributed by atoms with E-state index in [4.69, 9.17) is 23.2 Å². The molecule has 2 aromatic rings. The largest absolute Gasteiger partial charge is 0.393 e. The number of rotatable bonds is 3. The van der Waals surface area contributed by atoms with Crippen LogP contribution >= 0.6 is 34.5 Å². The second-order valence-electron chi connectivity index (χ2n) is 11.0. The van der Waals surface area contributed by atoms with Crippen molar-refractivity contribution in [2.75, 3.05) is 5.32 Å². The normalized spacial score (nSPS) is 32.5. The smallest absolute Gasteiger partial charge is 0.238 e. The molecule has 0 radical (unpaired) electrons. The molecule has 6 nitrogen and oxygen atoms in total. The topological polar surface area (TPSA) is 90.5 Å². The molecule has 2 spiro atoms. The average Bonchev–Trinajstić information content (AvgIpc) is 3.47. The maximum absolute atomic E-state index is 15.8. The van der Waals surface area contributed by atoms with Crippen LogP contribution in [-0.2, 0) is 15.0 Å². The lowest BCUT2D eigenvalue weighted by molar-refractivity contribution is -0.124. The maximum Gasteiger partial charge on any atom is 0.238 e. The third kappa shape index (κ3) is 3.86. The lowest BCUT2D eigenvalue weighted by atomic mass is 9.57. The summed E-state index contributed by atoms with van der Waals surface area (Å²) in [6.07, 6.45) is 6.48. The standard InChI is InChI=1S/C27H30Cl2FN3O3S/c28-17-6-4-5-16(21(17)30)20-22(24(35)31-14-7-9-15(34)10-8-14)33-26(11-2-1-3-12-26)27(20)23-18(32-25(27)36)13-19(29)37-23/h4-6,13-15,20,22,33-34H,1-3,7-12H2,(H,31,35)(H,32,36)/t14?,15?,20-,22+,27-/m0/s1. The van der Waals surface area contributed by atoms with Crippen LogP contribution in [0.1, 0.15) is 74.1 Å². The highest BCUT2D eigenvalue weighted by atomic mass is 35.5. The van der Waals surface area contributed by atoms with Crippen molar-refractivity contribution in [1.29, 1.82) is 0 Å². The fourth-order valence-electron chi connectivity index (χ4n) is 7.43. The van der Waals surface area contributed by atoms with Gasteiger partial charge >= 0.3 is 0 Å². The first-order valence-electron chi connectivity index (χ1n) is 13.1. The molecule has 198 valence electrons. The minimum absolute atomic E-state index is 0.0412. The number of aliphatic hydroxyl groups excluding tert-OH is 1. The molecule has 1 aromatic heterocycles. The molecule has 1 aromatic carbocycles. The van der Waals surface area contributed by atoms with Gasteiger partial charge in [0.05, 0.1) is 27.2 Å². The monoisotopic (exact) mass is 565 g/mol. The molecular weight excluding hydrogens is 536 g/mol. The third-order valence-corrected chi connectivity index (χ3v) is 10.7. The molecule has 0 bridgehead atoms. The van der Waals surface area contributed by atoms with Gasteiger partial charge in [-0.2, -0.15) is 0 Å². The Bertz CT molecular complexity index is 1240. The second kappa shape index (κ2) is 9.49. The summed E-state index contributed by atoms with van der Waals surface area (Å²) < 4.78 is 16.4. The first-order chi connectivity index (χ1) is 17.8. The number of carbonyl (C=O) groups is 2. The molecule has 1 saturated heterocycles. The lowest BCUT2D eigenvalue weighted by Gasteiger charge is -2.46. The van der Waals surface area contributed by atoms with Gasteiger partial charge in [0.1, 0.15) is 11.2 Å². The van der Waals surface area contributed by atoms with Crippen LogP contribution in [0.25, 0.3) is 0 Å². The van der Waals surface area contributed by atoms with Crippen LogP contribution in [0, 0.1) is 5.82 Å². The van der Waals surface area contributed by atoms with E-state index < -0.39 is 28.7 Å². The summed E-state index contributed by atoms with van der Waals surface area (Å²) in [5, 5.41) is 19.7. The van der Waals surface area contributed by atoms with Gasteiger partial charge in [-0.15, -0.1) is 11.3 Å². The lowest BCUT2D eigenvalue weighted by Crippen LogP contribution is -2.60. The van der Waals surface area contributed by atoms with Crippen molar-refractivity contribution < 1.29 is 19.1 Å². The molecule has 6 rings (SSSR count). The first-order valence-corrected chi connectivity index (χ1v) is 14.7. The third-order valence-electron chi connectivity index (χ3n) is 9.00. The van der Waals surface area contributed by atoms with Crippen LogP contribution < -0.4 is 16.0 Å². The van der Waals surface area contributed by atoms with Gasteiger partial charge in [0.15, 0.2) is 0 Å². The van der Waals surface area contributed by atoms with Gasteiger partial charge in [0.25, 0.3) is 0 Å². The van der Waals surface area contributed by atoms with E-state index in [2.05, 4.69) is 16.0 Å². The Morgan fingerprint density at radius 3 is 2.59 bits per heavy atom. The van der Waals surface area contributed by atoms with E-state index >= 15 is 4.39 Å². The molecule has 3 atom stereocenters. The number of amides is 2. The van der Waals surface area contributed by atoms with Crippen LogP contribution in [0.3, 0.4) is 0 Å². The molecule has 37 heavy (non-hydrogen) atoms. The summed E-state index contributed by atoms with van der Waals surface area (Å²) in [5.74, 6) is -1.91. The Labute approximate surface area is 229 Å². The Morgan fingerprint density at radius 2 is 1.86 bits per heavy atom. The number of halogens is 3. The zero-order valence-electron chi connectivity index (χ0n) is 20.3. The first kappa shape index (κ1) is 25.6. The molecule has 2 amide bonds. The van der Waals surface area contributed by atoms with Gasteiger partial charge in [-0.1, -0.05) is 54.6 Å². The van der Waals surface area contributed by atoms with Gasteiger partial charge < -0.3 is 15.7 Å². The molecular formula is C27H30Cl2FN3O3S. The highest BCUT2D eigenvalue weighted by Gasteiger charge is 2.73. The highest BCUT2D eigenvalue weighted by molar-refractivity contribution is 7.17. The van der Waals surface area contributed by atoms with Gasteiger partial charge in [-0.3, -0.25) is 14.9 Å². The number of nitrogens with one attached hydrogen (secondary N) is 3. The number of carbonyl (C=O) groups excluding carboxylic acids is 2. The van der Waals surface area contributed by atoms with Gasteiger partial charge in [-0.25, -0.2) is 4.39 Å². The van der Waals surface area contributed by atoms with E-state index in [-0.39, 0.29) is 34.5 Å². The van der Waals surface area contributed by atoms with E-state index in [1.165, 1.54) is 17.4 Å². The Hall–Kier alpha value is -1.71. The van der Waals surface area contributed by atoms with E-state index in [9.17, 15) is 14.7 Å². The molecule has 4 N–H and O–H groups in total. The Kier molecular flexibility index (Phi) is 6.55. The number of hydrogen-bond donors (Lipinski definition) is 4. The fraction of sp³-hybridized carbons (Fsp3) is 0.556. The second-order valence-corrected chi connectivity index (χ2v) is 13.0. The van der Waals surface area contributed by atoms with E-state index in [0.717, 1.165) is 24.1 Å². The summed E-state index contributed by atoms with van der Waals surface area (Å²) in [6, 6.07) is 5.62. The van der Waals surface area contributed by atoms with Gasteiger partial charge in [0.2, 0.25) is 11.8 Å². The number of hydrogen-bond acceptors (Lipinski definition) is 5. The predicted octanol–water partition coefficient (Wildman–Crippen LogP) is 5.26. The minimum atomic E-state index is -1.21. The number of thiophene rings is 1. The van der Waals surface area contributed by atoms with E-state index in [1.54, 1.807) is 18.2 Å². The van der Waals surface area contributed by atoms with Crippen molar-refractivity contribution in [2.45, 2.75) is 92.8 Å². The minimum Gasteiger partial charge on any atom is -0.393 e. The summed E-state index contributed by atoms with van der Waals surface area (Å²) in [4.78, 5) is 29.0. The number of benzene rings is 1. The van der Waals surface area contributed by atoms with Crippen molar-refractivity contribution in [1.82, 2.24) is 10.6 Å². The molecule has 2 aliphatic carbocycles. The number of fused-ring (bicyclic) bond motifs is 3. The summed E-state index contributed by atoms with van der Waals surface area (Å²) in [7, 11) is 0. The van der Waals surface area contributed by atoms with Crippen LogP contribution in [0.2, 0.25) is 9.36 Å². The van der Waals surface area contributed by atoms with Crippen molar-refractivity contribution in [3.05, 3.63) is 49.9 Å². The van der Waals surface area contributed by atoms with Gasteiger partial charge in [-0.05, 0) is 56.2 Å².